The van der Waals surface area contributed by atoms with E-state index in [1.54, 1.807) is 24.0 Å². The summed E-state index contributed by atoms with van der Waals surface area (Å²) in [5.74, 6) is 0.494. The van der Waals surface area contributed by atoms with E-state index in [0.717, 1.165) is 42.8 Å². The first-order valence-corrected chi connectivity index (χ1v) is 19.7. The molecule has 2 aliphatic carbocycles. The molecular formula is C37H43ClN8O4S. The van der Waals surface area contributed by atoms with Gasteiger partial charge in [0.1, 0.15) is 15.7 Å². The van der Waals surface area contributed by atoms with Crippen molar-refractivity contribution in [2.75, 3.05) is 40.8 Å². The number of nitrogen functional groups attached to an aromatic ring is 1. The van der Waals surface area contributed by atoms with Crippen LogP contribution in [0, 0.1) is 17.8 Å². The highest BCUT2D eigenvalue weighted by atomic mass is 35.5. The quantitative estimate of drug-likeness (QED) is 0.220. The Kier molecular flexibility index (Phi) is 8.71. The van der Waals surface area contributed by atoms with Crippen LogP contribution in [-0.4, -0.2) is 66.5 Å². The molecule has 51 heavy (non-hydrogen) atoms. The zero-order chi connectivity index (χ0) is 35.5. The van der Waals surface area contributed by atoms with Crippen LogP contribution < -0.4 is 20.1 Å². The molecule has 4 aliphatic rings. The summed E-state index contributed by atoms with van der Waals surface area (Å²) < 4.78 is 30.4. The lowest BCUT2D eigenvalue weighted by Crippen LogP contribution is -2.49. The lowest BCUT2D eigenvalue weighted by molar-refractivity contribution is 0.0456. The van der Waals surface area contributed by atoms with Gasteiger partial charge in [0, 0.05) is 42.3 Å². The summed E-state index contributed by atoms with van der Waals surface area (Å²) in [6.07, 6.45) is 10.4. The summed E-state index contributed by atoms with van der Waals surface area (Å²) in [6.45, 7) is 3.83. The number of carbonyl (C=O) groups is 1. The van der Waals surface area contributed by atoms with E-state index in [-0.39, 0.29) is 40.7 Å². The number of aromatic nitrogens is 4. The number of hydrogen-bond acceptors (Lipinski definition) is 9. The molecule has 1 unspecified atom stereocenters. The molecule has 0 radical (unpaired) electrons. The Balaban J connectivity index is 1.22. The number of aliphatic hydroxyl groups is 1. The second-order valence-corrected chi connectivity index (χ2v) is 17.3. The van der Waals surface area contributed by atoms with Gasteiger partial charge in [-0.1, -0.05) is 36.7 Å². The predicted molar refractivity (Wildman–Crippen MR) is 199 cm³/mol. The summed E-state index contributed by atoms with van der Waals surface area (Å²) in [7, 11) is -1.71. The van der Waals surface area contributed by atoms with Gasteiger partial charge >= 0.3 is 0 Å². The van der Waals surface area contributed by atoms with Gasteiger partial charge in [-0.2, -0.15) is 15.1 Å². The summed E-state index contributed by atoms with van der Waals surface area (Å²) in [5.41, 5.74) is 9.67. The van der Waals surface area contributed by atoms with Crippen molar-refractivity contribution in [3.05, 3.63) is 76.5 Å². The summed E-state index contributed by atoms with van der Waals surface area (Å²) in [6, 6.07) is 11.5. The summed E-state index contributed by atoms with van der Waals surface area (Å²) in [5, 5.41) is 16.9. The average molecular weight is 731 g/mol. The minimum Gasteiger partial charge on any atom is -0.490 e. The molecule has 1 spiro atoms. The SMILES string of the molecule is C[C@H]1C/C=C/[C@H](O)[C@@H]2CC[C@H]2CN2C[C@@]3(CCCc4cc(Cl)ccc43)COc3ccc(cc32)C(=O)N=S(=O)(Nc2nc(N)nc3nn(C)cc23)C1. The number of anilines is 3. The third-order valence-electron chi connectivity index (χ3n) is 11.0. The standard InChI is InChI=1S/C37H43ClN8O4S/c1-22-5-3-7-31(47)27-11-8-25(27)17-46-20-37(14-4-6-23-15-26(38)10-12-29(23)37)21-50-32-13-9-24(16-30(32)46)35(48)44-51(49,19-22)43-34-28-18-45(2)42-33(28)40-36(39)41-34/h3,7,9-10,12-13,15-16,18,22,25,27,31,47H,4-6,8,11,14,17,19-21H2,1-2H3,(H3,39,40,41,42,43,44,48,49)/b7-3+/t22-,25-,27+,31-,37-,51?/m0/s1. The first-order valence-electron chi connectivity index (χ1n) is 17.7. The van der Waals surface area contributed by atoms with Gasteiger partial charge in [0.25, 0.3) is 5.91 Å². The maximum atomic E-state index is 14.8. The molecule has 268 valence electrons. The van der Waals surface area contributed by atoms with E-state index in [1.807, 2.05) is 37.3 Å². The van der Waals surface area contributed by atoms with Crippen LogP contribution in [0.1, 0.15) is 60.5 Å². The molecule has 1 amide bonds. The molecule has 2 aliphatic heterocycles. The van der Waals surface area contributed by atoms with Gasteiger partial charge in [-0.3, -0.25) is 14.2 Å². The van der Waals surface area contributed by atoms with Crippen molar-refractivity contribution >= 4 is 55.9 Å². The van der Waals surface area contributed by atoms with E-state index in [9.17, 15) is 14.1 Å². The minimum atomic E-state index is -3.45. The topological polar surface area (TPSA) is 161 Å². The van der Waals surface area contributed by atoms with Gasteiger partial charge in [0.05, 0.1) is 29.5 Å². The monoisotopic (exact) mass is 730 g/mol. The fraction of sp³-hybridized carbons (Fsp3) is 0.459. The number of aryl methyl sites for hydroxylation is 2. The predicted octanol–water partition coefficient (Wildman–Crippen LogP) is 5.69. The third-order valence-corrected chi connectivity index (χ3v) is 13.3. The number of nitrogens with two attached hydrogens (primary N) is 1. The van der Waals surface area contributed by atoms with Gasteiger partial charge in [-0.15, -0.1) is 4.36 Å². The Morgan fingerprint density at radius 2 is 2.04 bits per heavy atom. The largest absolute Gasteiger partial charge is 0.490 e. The minimum absolute atomic E-state index is 0.0437. The molecule has 4 aromatic rings. The molecule has 4 heterocycles. The lowest BCUT2D eigenvalue weighted by atomic mass is 9.68. The Labute approximate surface area is 302 Å². The number of ether oxygens (including phenoxy) is 1. The number of amides is 1. The van der Waals surface area contributed by atoms with Crippen molar-refractivity contribution in [1.82, 2.24) is 19.7 Å². The van der Waals surface area contributed by atoms with Gasteiger partial charge < -0.3 is 20.5 Å². The highest BCUT2D eigenvalue weighted by Gasteiger charge is 2.44. The zero-order valence-electron chi connectivity index (χ0n) is 28.8. The molecule has 2 bridgehead atoms. The number of nitrogens with one attached hydrogen (secondary N) is 1. The molecule has 12 nitrogen and oxygen atoms in total. The smallest absolute Gasteiger partial charge is 0.286 e. The van der Waals surface area contributed by atoms with Crippen molar-refractivity contribution in [3.63, 3.8) is 0 Å². The Hall–Kier alpha value is -4.20. The van der Waals surface area contributed by atoms with Gasteiger partial charge in [-0.05, 0) is 97.7 Å². The maximum Gasteiger partial charge on any atom is 0.286 e. The highest BCUT2D eigenvalue weighted by molar-refractivity contribution is 7.95. The zero-order valence-corrected chi connectivity index (χ0v) is 30.4. The van der Waals surface area contributed by atoms with Gasteiger partial charge in [-0.25, -0.2) is 4.21 Å². The fourth-order valence-electron chi connectivity index (χ4n) is 8.40. The molecule has 1 saturated carbocycles. The normalized spacial score (nSPS) is 30.0. The second-order valence-electron chi connectivity index (χ2n) is 14.8. The Morgan fingerprint density at radius 3 is 2.86 bits per heavy atom. The molecular weight excluding hydrogens is 688 g/mol. The van der Waals surface area contributed by atoms with Gasteiger partial charge in [0.15, 0.2) is 11.5 Å². The first-order chi connectivity index (χ1) is 24.5. The molecule has 2 aromatic heterocycles. The van der Waals surface area contributed by atoms with E-state index in [4.69, 9.17) is 22.1 Å². The number of aliphatic hydroxyl groups excluding tert-OH is 1. The van der Waals surface area contributed by atoms with Crippen LogP contribution in [-0.2, 0) is 28.8 Å². The number of carbonyl (C=O) groups excluding carboxylic acids is 1. The van der Waals surface area contributed by atoms with E-state index < -0.39 is 21.9 Å². The molecule has 1 fully saturated rings. The van der Waals surface area contributed by atoms with E-state index in [2.05, 4.69) is 41.2 Å². The van der Waals surface area contributed by atoms with Crippen LogP contribution >= 0.6 is 11.6 Å². The molecule has 6 atom stereocenters. The van der Waals surface area contributed by atoms with Crippen LogP contribution in [0.15, 0.2) is 59.1 Å². The van der Waals surface area contributed by atoms with Crippen molar-refractivity contribution < 1.29 is 18.8 Å². The summed E-state index contributed by atoms with van der Waals surface area (Å²) in [4.78, 5) is 25.0. The Bertz CT molecular complexity index is 2180. The van der Waals surface area contributed by atoms with Crippen LogP contribution in [0.25, 0.3) is 11.0 Å². The van der Waals surface area contributed by atoms with Crippen LogP contribution in [0.2, 0.25) is 5.02 Å². The summed E-state index contributed by atoms with van der Waals surface area (Å²) >= 11 is 6.45. The Morgan fingerprint density at radius 1 is 1.18 bits per heavy atom. The highest BCUT2D eigenvalue weighted by Crippen LogP contribution is 2.47. The molecule has 4 N–H and O–H groups in total. The molecule has 0 saturated heterocycles. The van der Waals surface area contributed by atoms with Crippen LogP contribution in [0.4, 0.5) is 17.5 Å². The number of hydrogen-bond donors (Lipinski definition) is 3. The third kappa shape index (κ3) is 6.55. The van der Waals surface area contributed by atoms with Crippen LogP contribution in [0.5, 0.6) is 5.75 Å². The molecule has 14 heteroatoms. The second kappa shape index (κ2) is 13.1. The van der Waals surface area contributed by atoms with Gasteiger partial charge in [0.2, 0.25) is 5.95 Å². The fourth-order valence-corrected chi connectivity index (χ4v) is 10.5. The van der Waals surface area contributed by atoms with Crippen molar-refractivity contribution in [1.29, 1.82) is 0 Å². The van der Waals surface area contributed by atoms with E-state index >= 15 is 0 Å². The lowest BCUT2D eigenvalue weighted by Gasteiger charge is -2.45. The van der Waals surface area contributed by atoms with E-state index in [1.165, 1.54) is 11.1 Å². The first kappa shape index (κ1) is 33.9. The number of halogens is 1. The number of allylic oxidation sites excluding steroid dienone is 1. The van der Waals surface area contributed by atoms with Crippen molar-refractivity contribution in [2.24, 2.45) is 29.2 Å². The molecule has 2 aromatic carbocycles. The number of rotatable bonds is 2. The number of fused-ring (bicyclic) bond motifs is 5. The number of benzene rings is 2. The molecule has 8 rings (SSSR count). The average Bonchev–Trinajstić information content (AvgIpc) is 3.37. The van der Waals surface area contributed by atoms with E-state index in [0.29, 0.717) is 48.5 Å². The number of nitrogens with zero attached hydrogens (tertiary/aromatic N) is 6. The maximum absolute atomic E-state index is 14.8. The van der Waals surface area contributed by atoms with Crippen LogP contribution in [0.3, 0.4) is 0 Å². The van der Waals surface area contributed by atoms with Crippen molar-refractivity contribution in [2.45, 2.75) is 57.0 Å². The van der Waals surface area contributed by atoms with Crippen molar-refractivity contribution in [3.8, 4) is 5.75 Å².